The average molecular weight is 455 g/mol. The third-order valence-electron chi connectivity index (χ3n) is 4.72. The van der Waals surface area contributed by atoms with E-state index in [0.717, 1.165) is 5.39 Å². The van der Waals surface area contributed by atoms with Crippen molar-refractivity contribution >= 4 is 32.7 Å². The molecule has 0 aliphatic rings. The predicted octanol–water partition coefficient (Wildman–Crippen LogP) is 3.86. The van der Waals surface area contributed by atoms with Gasteiger partial charge in [0.1, 0.15) is 0 Å². The summed E-state index contributed by atoms with van der Waals surface area (Å²) in [5.41, 5.74) is 1.22. The van der Waals surface area contributed by atoms with E-state index in [2.05, 4.69) is 15.5 Å². The normalized spacial score (nSPS) is 11.6. The van der Waals surface area contributed by atoms with Crippen molar-refractivity contribution < 1.29 is 26.8 Å². The number of hydrogen-bond acceptors (Lipinski definition) is 8. The molecule has 2 aromatic heterocycles. The number of nitrogens with zero attached hydrogens (tertiary/aromatic N) is 2. The molecule has 0 aliphatic heterocycles. The molecular formula is C22H21N3O6S. The molecule has 32 heavy (non-hydrogen) atoms. The number of ether oxygens (including phenoxy) is 1. The molecule has 1 amide bonds. The summed E-state index contributed by atoms with van der Waals surface area (Å²) in [6.07, 6.45) is 0.0204. The van der Waals surface area contributed by atoms with Gasteiger partial charge in [-0.1, -0.05) is 36.3 Å². The first-order chi connectivity index (χ1) is 15.4. The molecule has 10 heteroatoms. The lowest BCUT2D eigenvalue weighted by Gasteiger charge is -2.04. The fourth-order valence-corrected chi connectivity index (χ4v) is 4.00. The smallest absolute Gasteiger partial charge is 0.322 e. The minimum atomic E-state index is -3.28. The highest BCUT2D eigenvalue weighted by atomic mass is 32.2. The Kier molecular flexibility index (Phi) is 5.95. The summed E-state index contributed by atoms with van der Waals surface area (Å²) in [6, 6.07) is 13.4. The molecule has 9 nitrogen and oxygen atoms in total. The van der Waals surface area contributed by atoms with E-state index in [1.54, 1.807) is 25.1 Å². The molecule has 2 aromatic carbocycles. The number of carbonyl (C=O) groups is 1. The lowest BCUT2D eigenvalue weighted by molar-refractivity contribution is -0.115. The zero-order valence-electron chi connectivity index (χ0n) is 17.5. The molecule has 0 saturated heterocycles. The van der Waals surface area contributed by atoms with Crippen molar-refractivity contribution in [1.82, 2.24) is 10.2 Å². The lowest BCUT2D eigenvalue weighted by Crippen LogP contribution is -2.14. The van der Waals surface area contributed by atoms with Gasteiger partial charge in [-0.05, 0) is 36.8 Å². The first kappa shape index (κ1) is 21.6. The van der Waals surface area contributed by atoms with Crippen LogP contribution in [0.25, 0.3) is 22.6 Å². The number of carbonyl (C=O) groups excluding carboxylic acids is 1. The average Bonchev–Trinajstić information content (AvgIpc) is 3.42. The van der Waals surface area contributed by atoms with Crippen molar-refractivity contribution in [2.24, 2.45) is 0 Å². The van der Waals surface area contributed by atoms with Crippen LogP contribution in [-0.4, -0.2) is 36.9 Å². The van der Waals surface area contributed by atoms with Crippen LogP contribution in [0.5, 0.6) is 5.75 Å². The van der Waals surface area contributed by atoms with E-state index in [9.17, 15) is 13.2 Å². The summed E-state index contributed by atoms with van der Waals surface area (Å²) < 4.78 is 40.7. The van der Waals surface area contributed by atoms with Crippen molar-refractivity contribution in [3.8, 4) is 17.4 Å². The molecule has 0 saturated carbocycles. The molecular weight excluding hydrogens is 434 g/mol. The van der Waals surface area contributed by atoms with Gasteiger partial charge in [-0.25, -0.2) is 8.42 Å². The SMILES string of the molecule is CCOc1cccc2cc(-c3nnc(NC(=O)Cc4ccc(S(=O)(=O)CC)cc4)o3)oc12. The van der Waals surface area contributed by atoms with Crippen LogP contribution in [0, 0.1) is 0 Å². The number of rotatable bonds is 8. The van der Waals surface area contributed by atoms with Crippen molar-refractivity contribution in [3.05, 3.63) is 54.1 Å². The number of anilines is 1. The second-order valence-corrected chi connectivity index (χ2v) is 9.18. The Hall–Kier alpha value is -3.66. The predicted molar refractivity (Wildman–Crippen MR) is 117 cm³/mol. The molecule has 0 bridgehead atoms. The molecule has 4 aromatic rings. The Morgan fingerprint density at radius 3 is 2.56 bits per heavy atom. The minimum absolute atomic E-state index is 0.0184. The third kappa shape index (κ3) is 4.50. The van der Waals surface area contributed by atoms with Crippen LogP contribution in [-0.2, 0) is 21.1 Å². The van der Waals surface area contributed by atoms with Gasteiger partial charge >= 0.3 is 6.01 Å². The summed E-state index contributed by atoms with van der Waals surface area (Å²) in [4.78, 5) is 12.6. The van der Waals surface area contributed by atoms with Crippen LogP contribution in [0.4, 0.5) is 6.01 Å². The van der Waals surface area contributed by atoms with Crippen LogP contribution in [0.2, 0.25) is 0 Å². The van der Waals surface area contributed by atoms with Gasteiger partial charge in [0.25, 0.3) is 5.89 Å². The summed E-state index contributed by atoms with van der Waals surface area (Å²) in [5.74, 6) is 0.724. The number of aromatic nitrogens is 2. The number of sulfone groups is 1. The first-order valence-electron chi connectivity index (χ1n) is 10.0. The first-order valence-corrected chi connectivity index (χ1v) is 11.7. The van der Waals surface area contributed by atoms with Gasteiger partial charge in [-0.3, -0.25) is 10.1 Å². The highest BCUT2D eigenvalue weighted by Gasteiger charge is 2.17. The van der Waals surface area contributed by atoms with Crippen molar-refractivity contribution in [2.75, 3.05) is 17.7 Å². The highest BCUT2D eigenvalue weighted by Crippen LogP contribution is 2.33. The quantitative estimate of drug-likeness (QED) is 0.425. The lowest BCUT2D eigenvalue weighted by atomic mass is 10.1. The molecule has 0 fully saturated rings. The van der Waals surface area contributed by atoms with Gasteiger partial charge in [0.15, 0.2) is 26.9 Å². The molecule has 0 unspecified atom stereocenters. The van der Waals surface area contributed by atoms with E-state index >= 15 is 0 Å². The van der Waals surface area contributed by atoms with E-state index in [-0.39, 0.29) is 34.9 Å². The summed E-state index contributed by atoms with van der Waals surface area (Å²) >= 11 is 0. The number of hydrogen-bond donors (Lipinski definition) is 1. The Labute approximate surface area is 184 Å². The van der Waals surface area contributed by atoms with Gasteiger partial charge in [0, 0.05) is 5.39 Å². The standard InChI is InChI=1S/C22H21N3O6S/c1-3-29-17-7-5-6-15-13-18(30-20(15)17)21-24-25-22(31-21)23-19(26)12-14-8-10-16(11-9-14)32(27,28)4-2/h5-11,13H,3-4,12H2,1-2H3,(H,23,25,26). The molecule has 0 atom stereocenters. The van der Waals surface area contributed by atoms with Gasteiger partial charge < -0.3 is 13.6 Å². The number of fused-ring (bicyclic) bond motifs is 1. The molecule has 0 spiro atoms. The van der Waals surface area contributed by atoms with Crippen molar-refractivity contribution in [2.45, 2.75) is 25.2 Å². The topological polar surface area (TPSA) is 125 Å². The minimum Gasteiger partial charge on any atom is -0.490 e. The van der Waals surface area contributed by atoms with Gasteiger partial charge in [-0.15, -0.1) is 5.10 Å². The summed E-state index contributed by atoms with van der Waals surface area (Å²) in [5, 5.41) is 11.1. The van der Waals surface area contributed by atoms with E-state index < -0.39 is 9.84 Å². The van der Waals surface area contributed by atoms with E-state index in [0.29, 0.717) is 29.3 Å². The van der Waals surface area contributed by atoms with Crippen LogP contribution in [0.3, 0.4) is 0 Å². The fourth-order valence-electron chi connectivity index (χ4n) is 3.11. The van der Waals surface area contributed by atoms with Crippen LogP contribution >= 0.6 is 0 Å². The maximum Gasteiger partial charge on any atom is 0.322 e. The zero-order chi connectivity index (χ0) is 22.7. The molecule has 0 aliphatic carbocycles. The van der Waals surface area contributed by atoms with E-state index in [4.69, 9.17) is 13.6 Å². The van der Waals surface area contributed by atoms with Crippen molar-refractivity contribution in [1.29, 1.82) is 0 Å². The van der Waals surface area contributed by atoms with Crippen LogP contribution < -0.4 is 10.1 Å². The Balaban J connectivity index is 1.45. The number of furan rings is 1. The van der Waals surface area contributed by atoms with Gasteiger partial charge in [0.05, 0.1) is 23.7 Å². The van der Waals surface area contributed by atoms with E-state index in [1.807, 2.05) is 25.1 Å². The maximum atomic E-state index is 12.3. The fraction of sp³-hybridized carbons (Fsp3) is 0.227. The number of amides is 1. The monoisotopic (exact) mass is 455 g/mol. The van der Waals surface area contributed by atoms with Crippen molar-refractivity contribution in [3.63, 3.8) is 0 Å². The second kappa shape index (κ2) is 8.83. The Bertz CT molecular complexity index is 1360. The van der Waals surface area contributed by atoms with E-state index in [1.165, 1.54) is 12.1 Å². The zero-order valence-corrected chi connectivity index (χ0v) is 18.3. The van der Waals surface area contributed by atoms with Gasteiger partial charge in [-0.2, -0.15) is 0 Å². The van der Waals surface area contributed by atoms with Gasteiger partial charge in [0.2, 0.25) is 5.91 Å². The second-order valence-electron chi connectivity index (χ2n) is 6.90. The number of benzene rings is 2. The van der Waals surface area contributed by atoms with Crippen LogP contribution in [0.15, 0.2) is 62.3 Å². The largest absolute Gasteiger partial charge is 0.490 e. The highest BCUT2D eigenvalue weighted by molar-refractivity contribution is 7.91. The Morgan fingerprint density at radius 1 is 1.06 bits per heavy atom. The Morgan fingerprint density at radius 2 is 1.84 bits per heavy atom. The number of nitrogens with one attached hydrogen (secondary N) is 1. The summed E-state index contributed by atoms with van der Waals surface area (Å²) in [6.45, 7) is 3.97. The molecule has 1 N–H and O–H groups in total. The molecule has 4 rings (SSSR count). The number of para-hydroxylation sites is 1. The molecule has 0 radical (unpaired) electrons. The maximum absolute atomic E-state index is 12.3. The molecule has 166 valence electrons. The molecule has 2 heterocycles. The summed E-state index contributed by atoms with van der Waals surface area (Å²) in [7, 11) is -3.28. The van der Waals surface area contributed by atoms with Crippen LogP contribution in [0.1, 0.15) is 19.4 Å². The third-order valence-corrected chi connectivity index (χ3v) is 6.47.